The number of carboxylic acids is 1. The smallest absolute Gasteiger partial charge is 0.338 e. The molecule has 0 aliphatic heterocycles. The third-order valence-corrected chi connectivity index (χ3v) is 5.47. The first kappa shape index (κ1) is 15.6. The van der Waals surface area contributed by atoms with Gasteiger partial charge in [0.25, 0.3) is 0 Å². The summed E-state index contributed by atoms with van der Waals surface area (Å²) in [6.07, 6.45) is 0.959. The van der Waals surface area contributed by atoms with E-state index in [1.165, 1.54) is 6.92 Å². The first-order valence-electron chi connectivity index (χ1n) is 5.38. The maximum atomic E-state index is 11.8. The van der Waals surface area contributed by atoms with E-state index in [0.717, 1.165) is 22.5 Å². The molecule has 0 bridgehead atoms. The summed E-state index contributed by atoms with van der Waals surface area (Å²) in [5, 5.41) is 10.4. The van der Waals surface area contributed by atoms with E-state index in [1.54, 1.807) is 13.8 Å². The molecular weight excluding hydrogens is 290 g/mol. The Morgan fingerprint density at radius 2 is 1.84 bits per heavy atom. The van der Waals surface area contributed by atoms with Crippen LogP contribution in [0.4, 0.5) is 5.00 Å². The Bertz CT molecular complexity index is 630. The zero-order valence-electron chi connectivity index (χ0n) is 11.0. The molecule has 1 heterocycles. The molecule has 0 radical (unpaired) electrons. The highest BCUT2D eigenvalue weighted by Crippen LogP contribution is 2.32. The minimum Gasteiger partial charge on any atom is -0.478 e. The molecule has 1 atom stereocenters. The zero-order valence-corrected chi connectivity index (χ0v) is 12.6. The van der Waals surface area contributed by atoms with Gasteiger partial charge in [-0.15, -0.1) is 11.3 Å². The van der Waals surface area contributed by atoms with Crippen LogP contribution in [0, 0.1) is 13.8 Å². The second-order valence-electron chi connectivity index (χ2n) is 4.25. The molecule has 19 heavy (non-hydrogen) atoms. The Kier molecular flexibility index (Phi) is 4.36. The molecule has 2 N–H and O–H groups in total. The van der Waals surface area contributed by atoms with Gasteiger partial charge in [0.2, 0.25) is 5.91 Å². The molecular formula is C11H15NO5S2. The summed E-state index contributed by atoms with van der Waals surface area (Å²) < 4.78 is 22.6. The van der Waals surface area contributed by atoms with Gasteiger partial charge in [0.05, 0.1) is 5.56 Å². The molecule has 1 aromatic rings. The topological polar surface area (TPSA) is 101 Å². The normalized spacial score (nSPS) is 13.1. The zero-order chi connectivity index (χ0) is 15.0. The number of hydrogen-bond donors (Lipinski definition) is 2. The Morgan fingerprint density at radius 1 is 1.32 bits per heavy atom. The predicted molar refractivity (Wildman–Crippen MR) is 73.7 cm³/mol. The van der Waals surface area contributed by atoms with Crippen molar-refractivity contribution in [1.82, 2.24) is 0 Å². The van der Waals surface area contributed by atoms with Gasteiger partial charge in [0, 0.05) is 11.1 Å². The summed E-state index contributed by atoms with van der Waals surface area (Å²) in [6, 6.07) is 0. The number of carbonyl (C=O) groups is 2. The van der Waals surface area contributed by atoms with Crippen LogP contribution in [0.1, 0.15) is 27.7 Å². The third-order valence-electron chi connectivity index (χ3n) is 2.85. The molecule has 0 saturated carbocycles. The predicted octanol–water partition coefficient (Wildman–Crippen LogP) is 1.43. The summed E-state index contributed by atoms with van der Waals surface area (Å²) in [6.45, 7) is 4.64. The van der Waals surface area contributed by atoms with Gasteiger partial charge >= 0.3 is 5.97 Å². The van der Waals surface area contributed by atoms with Gasteiger partial charge in [-0.25, -0.2) is 13.2 Å². The highest BCUT2D eigenvalue weighted by Gasteiger charge is 2.26. The third kappa shape index (κ3) is 3.32. The average Bonchev–Trinajstić information content (AvgIpc) is 2.51. The summed E-state index contributed by atoms with van der Waals surface area (Å²) in [7, 11) is -3.51. The highest BCUT2D eigenvalue weighted by molar-refractivity contribution is 7.92. The lowest BCUT2D eigenvalue weighted by Gasteiger charge is -2.09. The number of nitrogens with one attached hydrogen (secondary N) is 1. The van der Waals surface area contributed by atoms with Crippen molar-refractivity contribution in [3.05, 3.63) is 16.0 Å². The fourth-order valence-electron chi connectivity index (χ4n) is 1.38. The average molecular weight is 305 g/mol. The second-order valence-corrected chi connectivity index (χ2v) is 7.84. The molecule has 6 nitrogen and oxygen atoms in total. The van der Waals surface area contributed by atoms with Crippen molar-refractivity contribution in [3.63, 3.8) is 0 Å². The largest absolute Gasteiger partial charge is 0.478 e. The molecule has 0 aliphatic rings. The van der Waals surface area contributed by atoms with E-state index in [2.05, 4.69) is 5.32 Å². The molecule has 0 spiro atoms. The van der Waals surface area contributed by atoms with Gasteiger partial charge in [-0.05, 0) is 26.3 Å². The molecule has 1 unspecified atom stereocenters. The number of aromatic carboxylic acids is 1. The van der Waals surface area contributed by atoms with E-state index in [4.69, 9.17) is 5.11 Å². The van der Waals surface area contributed by atoms with Crippen molar-refractivity contribution < 1.29 is 23.1 Å². The van der Waals surface area contributed by atoms with Crippen molar-refractivity contribution in [1.29, 1.82) is 0 Å². The van der Waals surface area contributed by atoms with Gasteiger partial charge in [-0.3, -0.25) is 4.79 Å². The van der Waals surface area contributed by atoms with Crippen molar-refractivity contribution in [2.24, 2.45) is 0 Å². The quantitative estimate of drug-likeness (QED) is 0.876. The number of anilines is 1. The minimum atomic E-state index is -3.51. The molecule has 106 valence electrons. The number of carbonyl (C=O) groups excluding carboxylic acids is 1. The van der Waals surface area contributed by atoms with Crippen LogP contribution in [0.5, 0.6) is 0 Å². The second kappa shape index (κ2) is 5.30. The molecule has 1 rings (SSSR count). The summed E-state index contributed by atoms with van der Waals surface area (Å²) in [5.74, 6) is -1.88. The number of thiophene rings is 1. The van der Waals surface area contributed by atoms with E-state index >= 15 is 0 Å². The van der Waals surface area contributed by atoms with Gasteiger partial charge in [-0.2, -0.15) is 0 Å². The van der Waals surface area contributed by atoms with Crippen LogP contribution in [-0.4, -0.2) is 36.9 Å². The minimum absolute atomic E-state index is 0.0107. The fraction of sp³-hybridized carbons (Fsp3) is 0.455. The molecule has 1 amide bonds. The number of amides is 1. The Hall–Kier alpha value is -1.41. The Morgan fingerprint density at radius 3 is 2.26 bits per heavy atom. The first-order chi connectivity index (χ1) is 8.55. The van der Waals surface area contributed by atoms with Crippen LogP contribution < -0.4 is 5.32 Å². The summed E-state index contributed by atoms with van der Waals surface area (Å²) >= 11 is 1.12. The van der Waals surface area contributed by atoms with Gasteiger partial charge in [0.15, 0.2) is 9.84 Å². The van der Waals surface area contributed by atoms with Crippen molar-refractivity contribution in [2.45, 2.75) is 26.0 Å². The molecule has 8 heteroatoms. The number of aryl methyl sites for hydroxylation is 1. The van der Waals surface area contributed by atoms with E-state index < -0.39 is 27.0 Å². The van der Waals surface area contributed by atoms with Gasteiger partial charge in [0.1, 0.15) is 10.3 Å². The van der Waals surface area contributed by atoms with E-state index in [-0.39, 0.29) is 10.6 Å². The number of carboxylic acid groups (broad SMARTS) is 1. The van der Waals surface area contributed by atoms with Crippen LogP contribution in [-0.2, 0) is 14.6 Å². The van der Waals surface area contributed by atoms with Crippen molar-refractivity contribution in [3.8, 4) is 0 Å². The van der Waals surface area contributed by atoms with Crippen molar-refractivity contribution in [2.75, 3.05) is 11.6 Å². The van der Waals surface area contributed by atoms with E-state index in [1.807, 2.05) is 0 Å². The van der Waals surface area contributed by atoms with Gasteiger partial charge < -0.3 is 10.4 Å². The molecule has 0 aromatic carbocycles. The molecule has 0 aliphatic carbocycles. The lowest BCUT2D eigenvalue weighted by Crippen LogP contribution is -2.31. The molecule has 1 aromatic heterocycles. The van der Waals surface area contributed by atoms with E-state index in [0.29, 0.717) is 5.56 Å². The fourth-order valence-corrected chi connectivity index (χ4v) is 2.88. The lowest BCUT2D eigenvalue weighted by atomic mass is 10.1. The Labute approximate surface area is 115 Å². The maximum absolute atomic E-state index is 11.8. The SMILES string of the molecule is Cc1sc(NC(=O)C(C)S(C)(=O)=O)c(C(=O)O)c1C. The van der Waals surface area contributed by atoms with Crippen LogP contribution >= 0.6 is 11.3 Å². The standard InChI is InChI=1S/C11H15NO5S2/c1-5-6(2)18-10(8(5)11(14)15)12-9(13)7(3)19(4,16)17/h7H,1-4H3,(H,12,13)(H,14,15). The maximum Gasteiger partial charge on any atom is 0.338 e. The number of hydrogen-bond acceptors (Lipinski definition) is 5. The molecule has 0 fully saturated rings. The lowest BCUT2D eigenvalue weighted by molar-refractivity contribution is -0.115. The van der Waals surface area contributed by atoms with Crippen LogP contribution in [0.3, 0.4) is 0 Å². The summed E-state index contributed by atoms with van der Waals surface area (Å²) in [4.78, 5) is 23.7. The van der Waals surface area contributed by atoms with E-state index in [9.17, 15) is 18.0 Å². The Balaban J connectivity index is 3.11. The van der Waals surface area contributed by atoms with Crippen molar-refractivity contribution >= 4 is 38.1 Å². The number of rotatable bonds is 4. The van der Waals surface area contributed by atoms with Crippen LogP contribution in [0.15, 0.2) is 0 Å². The van der Waals surface area contributed by atoms with Crippen LogP contribution in [0.2, 0.25) is 0 Å². The summed E-state index contributed by atoms with van der Waals surface area (Å²) in [5.41, 5.74) is 0.580. The van der Waals surface area contributed by atoms with Gasteiger partial charge in [-0.1, -0.05) is 0 Å². The number of sulfone groups is 1. The molecule has 0 saturated heterocycles. The highest BCUT2D eigenvalue weighted by atomic mass is 32.2. The monoisotopic (exact) mass is 305 g/mol. The first-order valence-corrected chi connectivity index (χ1v) is 8.15. The van der Waals surface area contributed by atoms with Crippen LogP contribution in [0.25, 0.3) is 0 Å².